The van der Waals surface area contributed by atoms with Gasteiger partial charge in [0.1, 0.15) is 11.4 Å². The van der Waals surface area contributed by atoms with Gasteiger partial charge in [0, 0.05) is 10.5 Å². The normalized spacial score (nSPS) is 10.8. The van der Waals surface area contributed by atoms with Gasteiger partial charge < -0.3 is 14.2 Å². The van der Waals surface area contributed by atoms with Crippen LogP contribution in [0.15, 0.2) is 16.6 Å². The van der Waals surface area contributed by atoms with Gasteiger partial charge in [0.05, 0.1) is 25.5 Å². The predicted octanol–water partition coefficient (Wildman–Crippen LogP) is 3.59. The standard InChI is InChI=1S/C14H18BrNO5/c1-14(2,3)21-13(18)16-10-7-8(19-4)6-9(15)11(10)12(17)20-5/h6-7H,1-5H3,(H,16,18). The molecule has 0 heterocycles. The highest BCUT2D eigenvalue weighted by Crippen LogP contribution is 2.31. The second kappa shape index (κ2) is 6.80. The first-order valence-corrected chi connectivity index (χ1v) is 6.93. The molecule has 1 N–H and O–H groups in total. The van der Waals surface area contributed by atoms with E-state index in [2.05, 4.69) is 21.2 Å². The number of hydrogen-bond acceptors (Lipinski definition) is 5. The molecule has 0 aliphatic heterocycles. The molecular weight excluding hydrogens is 342 g/mol. The van der Waals surface area contributed by atoms with E-state index in [0.29, 0.717) is 10.2 Å². The quantitative estimate of drug-likeness (QED) is 0.834. The molecule has 0 saturated heterocycles. The maximum Gasteiger partial charge on any atom is 0.412 e. The maximum absolute atomic E-state index is 11.9. The van der Waals surface area contributed by atoms with Gasteiger partial charge in [-0.25, -0.2) is 9.59 Å². The summed E-state index contributed by atoms with van der Waals surface area (Å²) < 4.78 is 15.4. The van der Waals surface area contributed by atoms with Gasteiger partial charge in [0.2, 0.25) is 0 Å². The molecule has 116 valence electrons. The molecule has 0 aliphatic carbocycles. The van der Waals surface area contributed by atoms with Crippen molar-refractivity contribution in [3.8, 4) is 5.75 Å². The van der Waals surface area contributed by atoms with E-state index in [1.165, 1.54) is 20.3 Å². The number of hydrogen-bond donors (Lipinski definition) is 1. The van der Waals surface area contributed by atoms with Crippen molar-refractivity contribution in [1.82, 2.24) is 0 Å². The zero-order chi connectivity index (χ0) is 16.2. The number of methoxy groups -OCH3 is 2. The number of esters is 1. The SMILES string of the molecule is COC(=O)c1c(Br)cc(OC)cc1NC(=O)OC(C)(C)C. The van der Waals surface area contributed by atoms with Crippen LogP contribution in [0.3, 0.4) is 0 Å². The minimum atomic E-state index is -0.673. The molecule has 6 nitrogen and oxygen atoms in total. The van der Waals surface area contributed by atoms with Crippen molar-refractivity contribution < 1.29 is 23.8 Å². The minimum absolute atomic E-state index is 0.184. The smallest absolute Gasteiger partial charge is 0.412 e. The third-order valence-corrected chi connectivity index (χ3v) is 2.95. The number of ether oxygens (including phenoxy) is 3. The molecule has 0 aliphatic rings. The number of anilines is 1. The van der Waals surface area contributed by atoms with Gasteiger partial charge in [-0.05, 0) is 42.8 Å². The van der Waals surface area contributed by atoms with Crippen LogP contribution in [0.1, 0.15) is 31.1 Å². The van der Waals surface area contributed by atoms with Crippen molar-refractivity contribution in [2.24, 2.45) is 0 Å². The largest absolute Gasteiger partial charge is 0.497 e. The van der Waals surface area contributed by atoms with E-state index in [9.17, 15) is 9.59 Å². The molecule has 1 amide bonds. The lowest BCUT2D eigenvalue weighted by Gasteiger charge is -2.20. The molecule has 1 rings (SSSR count). The molecule has 0 radical (unpaired) electrons. The second-order valence-corrected chi connectivity index (χ2v) is 6.00. The van der Waals surface area contributed by atoms with Crippen molar-refractivity contribution in [3.05, 3.63) is 22.2 Å². The van der Waals surface area contributed by atoms with Gasteiger partial charge in [0.25, 0.3) is 0 Å². The van der Waals surface area contributed by atoms with Crippen molar-refractivity contribution in [2.75, 3.05) is 19.5 Å². The number of amides is 1. The van der Waals surface area contributed by atoms with Gasteiger partial charge in [-0.1, -0.05) is 0 Å². The fourth-order valence-electron chi connectivity index (χ4n) is 1.52. The van der Waals surface area contributed by atoms with Crippen LogP contribution in [0.4, 0.5) is 10.5 Å². The van der Waals surface area contributed by atoms with Gasteiger partial charge >= 0.3 is 12.1 Å². The summed E-state index contributed by atoms with van der Waals surface area (Å²) in [5.74, 6) is -0.115. The lowest BCUT2D eigenvalue weighted by Crippen LogP contribution is -2.28. The third kappa shape index (κ3) is 4.93. The Labute approximate surface area is 131 Å². The van der Waals surface area contributed by atoms with Crippen LogP contribution in [-0.4, -0.2) is 31.9 Å². The van der Waals surface area contributed by atoms with E-state index in [1.807, 2.05) is 0 Å². The molecule has 7 heteroatoms. The van der Waals surface area contributed by atoms with E-state index in [0.717, 1.165) is 0 Å². The summed E-state index contributed by atoms with van der Waals surface area (Å²) in [6, 6.07) is 3.12. The van der Waals surface area contributed by atoms with Crippen LogP contribution in [0, 0.1) is 0 Å². The van der Waals surface area contributed by atoms with Crippen LogP contribution >= 0.6 is 15.9 Å². The molecule has 1 aromatic carbocycles. The van der Waals surface area contributed by atoms with Crippen LogP contribution < -0.4 is 10.1 Å². The number of carbonyl (C=O) groups is 2. The summed E-state index contributed by atoms with van der Waals surface area (Å²) in [6.45, 7) is 5.24. The number of rotatable bonds is 3. The Hall–Kier alpha value is -1.76. The van der Waals surface area contributed by atoms with Crippen LogP contribution in [-0.2, 0) is 9.47 Å². The van der Waals surface area contributed by atoms with E-state index in [1.54, 1.807) is 26.8 Å². The topological polar surface area (TPSA) is 73.9 Å². The van der Waals surface area contributed by atoms with Crippen LogP contribution in [0.5, 0.6) is 5.75 Å². The van der Waals surface area contributed by atoms with E-state index in [-0.39, 0.29) is 11.3 Å². The summed E-state index contributed by atoms with van der Waals surface area (Å²) in [7, 11) is 2.74. The average Bonchev–Trinajstić information content (AvgIpc) is 2.35. The maximum atomic E-state index is 11.9. The summed E-state index contributed by atoms with van der Waals surface area (Å²) in [4.78, 5) is 23.7. The average molecular weight is 360 g/mol. The Bertz CT molecular complexity index is 551. The Balaban J connectivity index is 3.16. The molecule has 0 fully saturated rings. The molecule has 21 heavy (non-hydrogen) atoms. The Morgan fingerprint density at radius 3 is 2.29 bits per heavy atom. The first-order valence-electron chi connectivity index (χ1n) is 6.13. The fraction of sp³-hybridized carbons (Fsp3) is 0.429. The van der Waals surface area contributed by atoms with Crippen molar-refractivity contribution in [1.29, 1.82) is 0 Å². The van der Waals surface area contributed by atoms with E-state index >= 15 is 0 Å². The third-order valence-electron chi connectivity index (χ3n) is 2.32. The highest BCUT2D eigenvalue weighted by Gasteiger charge is 2.22. The molecule has 0 aromatic heterocycles. The number of nitrogens with one attached hydrogen (secondary N) is 1. The molecule has 0 unspecified atom stereocenters. The van der Waals surface area contributed by atoms with Gasteiger partial charge in [0.15, 0.2) is 0 Å². The summed E-state index contributed by atoms with van der Waals surface area (Å²) in [5, 5.41) is 2.53. The molecule has 0 atom stereocenters. The molecular formula is C14H18BrNO5. The Morgan fingerprint density at radius 1 is 1.19 bits per heavy atom. The minimum Gasteiger partial charge on any atom is -0.497 e. The highest BCUT2D eigenvalue weighted by atomic mass is 79.9. The van der Waals surface area contributed by atoms with E-state index in [4.69, 9.17) is 14.2 Å². The van der Waals surface area contributed by atoms with Crippen molar-refractivity contribution >= 4 is 33.7 Å². The Morgan fingerprint density at radius 2 is 1.81 bits per heavy atom. The lowest BCUT2D eigenvalue weighted by atomic mass is 10.1. The fourth-order valence-corrected chi connectivity index (χ4v) is 2.12. The van der Waals surface area contributed by atoms with Crippen molar-refractivity contribution in [2.45, 2.75) is 26.4 Å². The summed E-state index contributed by atoms with van der Waals surface area (Å²) in [5.41, 5.74) is -0.225. The van der Waals surface area contributed by atoms with Crippen LogP contribution in [0.2, 0.25) is 0 Å². The zero-order valence-corrected chi connectivity index (χ0v) is 14.2. The van der Waals surface area contributed by atoms with Gasteiger partial charge in [-0.2, -0.15) is 0 Å². The Kier molecular flexibility index (Phi) is 5.60. The molecule has 0 saturated carbocycles. The molecule has 0 spiro atoms. The predicted molar refractivity (Wildman–Crippen MR) is 81.9 cm³/mol. The van der Waals surface area contributed by atoms with Crippen LogP contribution in [0.25, 0.3) is 0 Å². The monoisotopic (exact) mass is 359 g/mol. The summed E-state index contributed by atoms with van der Waals surface area (Å²) >= 11 is 3.26. The molecule has 0 bridgehead atoms. The first-order chi connectivity index (χ1) is 9.67. The first kappa shape index (κ1) is 17.3. The highest BCUT2D eigenvalue weighted by molar-refractivity contribution is 9.10. The van der Waals surface area contributed by atoms with Crippen molar-refractivity contribution in [3.63, 3.8) is 0 Å². The molecule has 1 aromatic rings. The number of carbonyl (C=O) groups excluding carboxylic acids is 2. The van der Waals surface area contributed by atoms with Gasteiger partial charge in [-0.15, -0.1) is 0 Å². The van der Waals surface area contributed by atoms with Gasteiger partial charge in [-0.3, -0.25) is 5.32 Å². The summed E-state index contributed by atoms with van der Waals surface area (Å²) in [6.07, 6.45) is -0.673. The number of benzene rings is 1. The second-order valence-electron chi connectivity index (χ2n) is 5.15. The zero-order valence-electron chi connectivity index (χ0n) is 12.6. The number of halogens is 1. The van der Waals surface area contributed by atoms with E-state index < -0.39 is 17.7 Å². The lowest BCUT2D eigenvalue weighted by molar-refractivity contribution is 0.0601.